The third kappa shape index (κ3) is 7.01. The van der Waals surface area contributed by atoms with E-state index in [-0.39, 0.29) is 10.7 Å². The molecule has 0 aromatic carbocycles. The van der Waals surface area contributed by atoms with Crippen LogP contribution in [0.4, 0.5) is 10.2 Å². The highest BCUT2D eigenvalue weighted by Crippen LogP contribution is 2.32. The summed E-state index contributed by atoms with van der Waals surface area (Å²) in [7, 11) is 0. The van der Waals surface area contributed by atoms with Gasteiger partial charge in [0, 0.05) is 55.6 Å². The number of nitrogens with zero attached hydrogens (tertiary/aromatic N) is 7. The number of anilines is 1. The lowest BCUT2D eigenvalue weighted by Crippen LogP contribution is -2.53. The number of aromatic nitrogens is 4. The fourth-order valence-electron chi connectivity index (χ4n) is 5.78. The van der Waals surface area contributed by atoms with E-state index in [1.807, 2.05) is 25.1 Å². The van der Waals surface area contributed by atoms with Crippen LogP contribution in [0, 0.1) is 17.1 Å². The molecule has 6 rings (SSSR count). The summed E-state index contributed by atoms with van der Waals surface area (Å²) in [6, 6.07) is 9.23. The number of amides is 1. The summed E-state index contributed by atoms with van der Waals surface area (Å²) in [4.78, 5) is 26.0. The lowest BCUT2D eigenvalue weighted by Gasteiger charge is -2.40. The molecule has 234 valence electrons. The van der Waals surface area contributed by atoms with Crippen molar-refractivity contribution in [2.45, 2.75) is 31.7 Å². The van der Waals surface area contributed by atoms with Crippen LogP contribution in [0.5, 0.6) is 5.75 Å². The molecule has 13 heteroatoms. The van der Waals surface area contributed by atoms with E-state index in [2.05, 4.69) is 31.3 Å². The summed E-state index contributed by atoms with van der Waals surface area (Å²) >= 11 is 6.04. The number of nitriles is 1. The van der Waals surface area contributed by atoms with Gasteiger partial charge in [-0.2, -0.15) is 10.4 Å². The fourth-order valence-corrected chi connectivity index (χ4v) is 6.02. The van der Waals surface area contributed by atoms with Gasteiger partial charge in [-0.25, -0.2) is 18.9 Å². The Kier molecular flexibility index (Phi) is 9.11. The monoisotopic (exact) mass is 632 g/mol. The number of carbonyl (C=O) groups excluding carboxylic acids is 1. The van der Waals surface area contributed by atoms with Gasteiger partial charge in [0.1, 0.15) is 29.1 Å². The molecule has 1 N–H and O–H groups in total. The Balaban J connectivity index is 1.12. The molecule has 0 spiro atoms. The average Bonchev–Trinajstić information content (AvgIpc) is 3.47. The van der Waals surface area contributed by atoms with Crippen LogP contribution in [0.15, 0.2) is 49.1 Å². The lowest BCUT2D eigenvalue weighted by atomic mass is 9.89. The molecule has 0 unspecified atom stereocenters. The molecule has 0 aliphatic carbocycles. The van der Waals surface area contributed by atoms with Gasteiger partial charge < -0.3 is 19.7 Å². The van der Waals surface area contributed by atoms with E-state index in [9.17, 15) is 14.4 Å². The van der Waals surface area contributed by atoms with Crippen LogP contribution in [-0.4, -0.2) is 88.5 Å². The minimum Gasteiger partial charge on any atom is -0.492 e. The molecule has 0 saturated carbocycles. The van der Waals surface area contributed by atoms with Crippen molar-refractivity contribution in [2.75, 3.05) is 57.4 Å². The highest BCUT2D eigenvalue weighted by molar-refractivity contribution is 6.33. The van der Waals surface area contributed by atoms with Crippen molar-refractivity contribution < 1.29 is 18.7 Å². The van der Waals surface area contributed by atoms with Crippen molar-refractivity contribution in [3.63, 3.8) is 0 Å². The van der Waals surface area contributed by atoms with Gasteiger partial charge in [0.25, 0.3) is 5.91 Å². The zero-order chi connectivity index (χ0) is 31.4. The zero-order valence-electron chi connectivity index (χ0n) is 25.0. The standard InChI is InChI=1S/C32H34ClFN8O3/c1-32(39-31(43)29-27(33)15-24(34)20-37-29)5-8-41(9-6-32)28-4-3-22(18-36-28)26-16-25(21-42-30(26)23(17-35)19-38-42)45-12-2-7-40-10-13-44-14-11-40/h3-4,15-16,18-21H,2,5-14H2,1H3,(H,39,43). The van der Waals surface area contributed by atoms with Gasteiger partial charge in [-0.15, -0.1) is 0 Å². The second kappa shape index (κ2) is 13.4. The first-order valence-corrected chi connectivity index (χ1v) is 15.4. The van der Waals surface area contributed by atoms with Crippen LogP contribution in [0.2, 0.25) is 5.02 Å². The van der Waals surface area contributed by atoms with Crippen LogP contribution < -0.4 is 15.0 Å². The molecule has 6 heterocycles. The number of rotatable bonds is 9. The van der Waals surface area contributed by atoms with E-state index in [4.69, 9.17) is 26.1 Å². The summed E-state index contributed by atoms with van der Waals surface area (Å²) < 4.78 is 26.6. The van der Waals surface area contributed by atoms with E-state index < -0.39 is 17.3 Å². The molecular formula is C32H34ClFN8O3. The van der Waals surface area contributed by atoms with Crippen LogP contribution in [0.1, 0.15) is 42.2 Å². The number of ether oxygens (including phenoxy) is 2. The van der Waals surface area contributed by atoms with Gasteiger partial charge in [-0.05, 0) is 50.5 Å². The maximum Gasteiger partial charge on any atom is 0.271 e. The number of halogens is 2. The van der Waals surface area contributed by atoms with Gasteiger partial charge in [0.15, 0.2) is 0 Å². The number of morpholine rings is 1. The maximum absolute atomic E-state index is 13.4. The summed E-state index contributed by atoms with van der Waals surface area (Å²) in [5, 5.41) is 17.1. The lowest BCUT2D eigenvalue weighted by molar-refractivity contribution is 0.0358. The first-order chi connectivity index (χ1) is 21.8. The maximum atomic E-state index is 13.4. The zero-order valence-corrected chi connectivity index (χ0v) is 25.8. The Morgan fingerprint density at radius 2 is 1.96 bits per heavy atom. The molecule has 0 atom stereocenters. The third-order valence-corrected chi connectivity index (χ3v) is 8.67. The summed E-state index contributed by atoms with van der Waals surface area (Å²) in [6.07, 6.45) is 8.39. The number of hydrogen-bond donors (Lipinski definition) is 1. The normalized spacial score (nSPS) is 16.8. The molecule has 4 aromatic rings. The second-order valence-electron chi connectivity index (χ2n) is 11.6. The summed E-state index contributed by atoms with van der Waals surface area (Å²) in [5.74, 6) is 0.470. The highest BCUT2D eigenvalue weighted by atomic mass is 35.5. The van der Waals surface area contributed by atoms with Crippen LogP contribution in [-0.2, 0) is 4.74 Å². The first-order valence-electron chi connectivity index (χ1n) is 15.0. The van der Waals surface area contributed by atoms with E-state index >= 15 is 0 Å². The number of fused-ring (bicyclic) bond motifs is 1. The molecule has 11 nitrogen and oxygen atoms in total. The fraction of sp³-hybridized carbons (Fsp3) is 0.406. The molecule has 0 radical (unpaired) electrons. The quantitative estimate of drug-likeness (QED) is 0.269. The van der Waals surface area contributed by atoms with Crippen molar-refractivity contribution in [2.24, 2.45) is 0 Å². The molecule has 2 saturated heterocycles. The van der Waals surface area contributed by atoms with Crippen molar-refractivity contribution in [3.05, 3.63) is 71.2 Å². The first kappa shape index (κ1) is 30.7. The van der Waals surface area contributed by atoms with E-state index in [0.717, 1.165) is 68.5 Å². The van der Waals surface area contributed by atoms with Crippen molar-refractivity contribution in [3.8, 4) is 22.9 Å². The van der Waals surface area contributed by atoms with Gasteiger partial charge in [-0.1, -0.05) is 11.6 Å². The number of pyridine rings is 3. The smallest absolute Gasteiger partial charge is 0.271 e. The number of hydrogen-bond acceptors (Lipinski definition) is 9. The van der Waals surface area contributed by atoms with Gasteiger partial charge >= 0.3 is 0 Å². The Labute approximate surface area is 265 Å². The highest BCUT2D eigenvalue weighted by Gasteiger charge is 2.33. The molecule has 1 amide bonds. The summed E-state index contributed by atoms with van der Waals surface area (Å²) in [5.41, 5.74) is 2.37. The second-order valence-corrected chi connectivity index (χ2v) is 12.0. The van der Waals surface area contributed by atoms with Crippen LogP contribution >= 0.6 is 11.6 Å². The van der Waals surface area contributed by atoms with E-state index in [1.165, 1.54) is 0 Å². The molecule has 2 aliphatic rings. The minimum atomic E-state index is -0.592. The van der Waals surface area contributed by atoms with Crippen molar-refractivity contribution in [1.82, 2.24) is 29.8 Å². The minimum absolute atomic E-state index is 0.00767. The molecule has 45 heavy (non-hydrogen) atoms. The Bertz CT molecular complexity index is 1710. The largest absolute Gasteiger partial charge is 0.492 e. The average molecular weight is 633 g/mol. The molecule has 2 aliphatic heterocycles. The Morgan fingerprint density at radius 1 is 1.16 bits per heavy atom. The SMILES string of the molecule is CC1(NC(=O)c2ncc(F)cc2Cl)CCN(c2ccc(-c3cc(OCCCN4CCOCC4)cn4ncc(C#N)c34)cn2)CC1. The van der Waals surface area contributed by atoms with Crippen molar-refractivity contribution in [1.29, 1.82) is 5.26 Å². The van der Waals surface area contributed by atoms with Crippen LogP contribution in [0.25, 0.3) is 16.6 Å². The van der Waals surface area contributed by atoms with Gasteiger partial charge in [-0.3, -0.25) is 9.69 Å². The molecule has 4 aromatic heterocycles. The molecular weight excluding hydrogens is 599 g/mol. The number of carbonyl (C=O) groups is 1. The van der Waals surface area contributed by atoms with Crippen LogP contribution in [0.3, 0.4) is 0 Å². The van der Waals surface area contributed by atoms with Gasteiger partial charge in [0.2, 0.25) is 0 Å². The molecule has 0 bridgehead atoms. The summed E-state index contributed by atoms with van der Waals surface area (Å²) in [6.45, 7) is 8.28. The Hall–Kier alpha value is -4.31. The van der Waals surface area contributed by atoms with Gasteiger partial charge in [0.05, 0.1) is 54.5 Å². The van der Waals surface area contributed by atoms with E-state index in [0.29, 0.717) is 49.4 Å². The predicted octanol–water partition coefficient (Wildman–Crippen LogP) is 4.35. The molecule has 2 fully saturated rings. The third-order valence-electron chi connectivity index (χ3n) is 8.39. The topological polar surface area (TPSA) is 121 Å². The Morgan fingerprint density at radius 3 is 2.67 bits per heavy atom. The number of piperidine rings is 1. The predicted molar refractivity (Wildman–Crippen MR) is 167 cm³/mol. The number of nitrogens with one attached hydrogen (secondary N) is 1. The van der Waals surface area contributed by atoms with Crippen molar-refractivity contribution >= 4 is 28.8 Å². The van der Waals surface area contributed by atoms with E-state index in [1.54, 1.807) is 23.1 Å².